The van der Waals surface area contributed by atoms with Crippen LogP contribution in [0.1, 0.15) is 6.42 Å². The van der Waals surface area contributed by atoms with Crippen molar-refractivity contribution in [3.8, 4) is 0 Å². The van der Waals surface area contributed by atoms with Crippen molar-refractivity contribution in [1.29, 1.82) is 0 Å². The molecule has 20 heavy (non-hydrogen) atoms. The average Bonchev–Trinajstić information content (AvgIpc) is 2.80. The number of aliphatic hydroxyl groups excluding tert-OH is 1. The molecular formula is C14H16O4S2. The van der Waals surface area contributed by atoms with Gasteiger partial charge in [-0.15, -0.1) is 0 Å². The number of thiol groups is 1. The molecule has 0 aromatic heterocycles. The molecule has 1 saturated heterocycles. The van der Waals surface area contributed by atoms with Crippen LogP contribution in [0.4, 0.5) is 0 Å². The minimum Gasteiger partial charge on any atom is -0.392 e. The van der Waals surface area contributed by atoms with Gasteiger partial charge in [-0.2, -0.15) is 8.42 Å². The van der Waals surface area contributed by atoms with E-state index in [4.69, 9.17) is 0 Å². The van der Waals surface area contributed by atoms with Crippen molar-refractivity contribution in [2.45, 2.75) is 22.0 Å². The molecule has 3 atom stereocenters. The van der Waals surface area contributed by atoms with E-state index >= 15 is 0 Å². The van der Waals surface area contributed by atoms with Gasteiger partial charge in [-0.1, -0.05) is 36.4 Å². The van der Waals surface area contributed by atoms with E-state index < -0.39 is 31.7 Å². The van der Waals surface area contributed by atoms with Crippen LogP contribution in [0.25, 0.3) is 10.8 Å². The van der Waals surface area contributed by atoms with Gasteiger partial charge in [0, 0.05) is 12.2 Å². The van der Waals surface area contributed by atoms with Crippen molar-refractivity contribution >= 4 is 31.8 Å². The topological polar surface area (TPSA) is 74.6 Å². The van der Waals surface area contributed by atoms with Gasteiger partial charge in [0.1, 0.15) is 4.58 Å². The predicted molar refractivity (Wildman–Crippen MR) is 82.0 cm³/mol. The van der Waals surface area contributed by atoms with Crippen LogP contribution in [-0.2, 0) is 10.1 Å². The second-order valence-corrected chi connectivity index (χ2v) is 9.37. The summed E-state index contributed by atoms with van der Waals surface area (Å²) in [6.07, 6.45) is -0.541. The van der Waals surface area contributed by atoms with Crippen LogP contribution in [0.5, 0.6) is 0 Å². The van der Waals surface area contributed by atoms with E-state index in [2.05, 4.69) is 0 Å². The molecule has 1 aliphatic rings. The first-order chi connectivity index (χ1) is 9.47. The fraction of sp³-hybridized carbons (Fsp3) is 0.286. The zero-order valence-electron chi connectivity index (χ0n) is 10.7. The van der Waals surface area contributed by atoms with Gasteiger partial charge in [0.2, 0.25) is 0 Å². The van der Waals surface area contributed by atoms with Gasteiger partial charge in [-0.25, -0.2) is 10.9 Å². The minimum absolute atomic E-state index is 0.119. The van der Waals surface area contributed by atoms with Crippen LogP contribution in [0.15, 0.2) is 47.4 Å². The highest BCUT2D eigenvalue weighted by atomic mass is 32.3. The first kappa shape index (κ1) is 13.9. The van der Waals surface area contributed by atoms with Gasteiger partial charge in [0.05, 0.1) is 6.10 Å². The molecule has 1 aliphatic heterocycles. The molecule has 0 saturated carbocycles. The van der Waals surface area contributed by atoms with Crippen LogP contribution in [0.2, 0.25) is 0 Å². The molecule has 0 radical (unpaired) electrons. The quantitative estimate of drug-likeness (QED) is 0.587. The summed E-state index contributed by atoms with van der Waals surface area (Å²) in [6, 6.07) is 13.6. The molecule has 2 aromatic rings. The number of hydrogen-bond acceptors (Lipinski definition) is 3. The van der Waals surface area contributed by atoms with E-state index in [0.29, 0.717) is 5.75 Å². The lowest BCUT2D eigenvalue weighted by Gasteiger charge is -2.23. The maximum Gasteiger partial charge on any atom is 0.275 e. The number of fused-ring (bicyclic) bond motifs is 1. The molecule has 0 amide bonds. The lowest BCUT2D eigenvalue weighted by Crippen LogP contribution is -2.18. The molecule has 1 heterocycles. The van der Waals surface area contributed by atoms with Gasteiger partial charge in [0.15, 0.2) is 0 Å². The number of rotatable bonds is 2. The normalized spacial score (nSPS) is 28.8. The highest BCUT2D eigenvalue weighted by Crippen LogP contribution is 2.52. The lowest BCUT2D eigenvalue weighted by molar-refractivity contribution is 0.199. The Bertz CT molecular complexity index is 736. The van der Waals surface area contributed by atoms with Crippen LogP contribution >= 0.6 is 10.9 Å². The summed E-state index contributed by atoms with van der Waals surface area (Å²) in [6.45, 7) is 0. The third kappa shape index (κ3) is 2.44. The Hall–Kier alpha value is -1.08. The monoisotopic (exact) mass is 312 g/mol. The van der Waals surface area contributed by atoms with Gasteiger partial charge in [0.25, 0.3) is 10.1 Å². The zero-order valence-corrected chi connectivity index (χ0v) is 12.4. The second-order valence-electron chi connectivity index (χ2n) is 5.01. The average molecular weight is 312 g/mol. The summed E-state index contributed by atoms with van der Waals surface area (Å²) < 4.78 is 31.7. The number of hydrogen-bond donors (Lipinski definition) is 3. The van der Waals surface area contributed by atoms with Crippen molar-refractivity contribution in [3.63, 3.8) is 0 Å². The van der Waals surface area contributed by atoms with E-state index in [0.717, 1.165) is 15.7 Å². The SMILES string of the molecule is O=S(=O)(O)C1CC(O)C[SH]1c1cccc2ccccc12. The third-order valence-electron chi connectivity index (χ3n) is 3.65. The lowest BCUT2D eigenvalue weighted by atomic mass is 10.1. The third-order valence-corrected chi connectivity index (χ3v) is 8.82. The molecule has 2 aromatic carbocycles. The summed E-state index contributed by atoms with van der Waals surface area (Å²) in [5, 5.41) is 11.9. The van der Waals surface area contributed by atoms with Crippen molar-refractivity contribution in [3.05, 3.63) is 42.5 Å². The molecule has 3 unspecified atom stereocenters. The van der Waals surface area contributed by atoms with Crippen LogP contribution < -0.4 is 0 Å². The fourth-order valence-electron chi connectivity index (χ4n) is 2.77. The molecule has 0 bridgehead atoms. The number of benzene rings is 2. The van der Waals surface area contributed by atoms with Crippen molar-refractivity contribution in [2.24, 2.45) is 0 Å². The highest BCUT2D eigenvalue weighted by molar-refractivity contribution is 8.25. The van der Waals surface area contributed by atoms with E-state index in [-0.39, 0.29) is 6.42 Å². The zero-order chi connectivity index (χ0) is 14.3. The molecule has 0 aliphatic carbocycles. The van der Waals surface area contributed by atoms with Crippen molar-refractivity contribution in [1.82, 2.24) is 0 Å². The largest absolute Gasteiger partial charge is 0.392 e. The molecule has 3 rings (SSSR count). The van der Waals surface area contributed by atoms with Gasteiger partial charge < -0.3 is 5.11 Å². The van der Waals surface area contributed by atoms with Crippen LogP contribution in [-0.4, -0.2) is 34.5 Å². The Labute approximate surface area is 120 Å². The molecular weight excluding hydrogens is 296 g/mol. The maximum atomic E-state index is 11.6. The Kier molecular flexibility index (Phi) is 3.50. The smallest absolute Gasteiger partial charge is 0.275 e. The van der Waals surface area contributed by atoms with E-state index in [1.807, 2.05) is 42.5 Å². The molecule has 6 heteroatoms. The summed E-state index contributed by atoms with van der Waals surface area (Å²) in [4.78, 5) is 0.942. The first-order valence-corrected chi connectivity index (χ1v) is 9.45. The van der Waals surface area contributed by atoms with Gasteiger partial charge in [-0.05, 0) is 21.7 Å². The fourth-order valence-corrected chi connectivity index (χ4v) is 7.76. The second kappa shape index (κ2) is 5.04. The van der Waals surface area contributed by atoms with Gasteiger partial charge in [-0.3, -0.25) is 4.55 Å². The first-order valence-electron chi connectivity index (χ1n) is 6.35. The molecule has 4 nitrogen and oxygen atoms in total. The Morgan fingerprint density at radius 2 is 1.80 bits per heavy atom. The molecule has 108 valence electrons. The van der Waals surface area contributed by atoms with E-state index in [1.54, 1.807) is 0 Å². The van der Waals surface area contributed by atoms with Crippen LogP contribution in [0.3, 0.4) is 0 Å². The summed E-state index contributed by atoms with van der Waals surface area (Å²) in [5.41, 5.74) is 0. The Morgan fingerprint density at radius 1 is 1.10 bits per heavy atom. The summed E-state index contributed by atoms with van der Waals surface area (Å²) in [7, 11) is -5.25. The summed E-state index contributed by atoms with van der Waals surface area (Å²) in [5.74, 6) is 0.424. The molecule has 2 N–H and O–H groups in total. The maximum absolute atomic E-state index is 11.6. The standard InChI is InChI=1S/C14H16O4S2/c15-11-8-14(20(16,17)18)19(9-11)13-7-3-5-10-4-1-2-6-12(10)13/h1-7,11,14-15,19H,8-9H2,(H,16,17,18). The number of aliphatic hydroxyl groups is 1. The minimum atomic E-state index is -4.13. The molecule has 1 fully saturated rings. The van der Waals surface area contributed by atoms with Crippen LogP contribution in [0, 0.1) is 0 Å². The highest BCUT2D eigenvalue weighted by Gasteiger charge is 2.39. The van der Waals surface area contributed by atoms with E-state index in [1.165, 1.54) is 0 Å². The van der Waals surface area contributed by atoms with Crippen molar-refractivity contribution < 1.29 is 18.1 Å². The van der Waals surface area contributed by atoms with Crippen molar-refractivity contribution in [2.75, 3.05) is 5.75 Å². The van der Waals surface area contributed by atoms with Gasteiger partial charge >= 0.3 is 0 Å². The Balaban J connectivity index is 2.15. The summed E-state index contributed by atoms with van der Waals surface area (Å²) >= 11 is 0. The predicted octanol–water partition coefficient (Wildman–Crippen LogP) is 2.18. The molecule has 0 spiro atoms. The Morgan fingerprint density at radius 3 is 2.55 bits per heavy atom. The van der Waals surface area contributed by atoms with E-state index in [9.17, 15) is 18.1 Å².